The average Bonchev–Trinajstić information content (AvgIpc) is 2.55. The third kappa shape index (κ3) is 4.52. The normalized spacial score (nSPS) is 33.5. The zero-order valence-electron chi connectivity index (χ0n) is 15.0. The first-order valence-corrected chi connectivity index (χ1v) is 10.0. The molecule has 0 amide bonds. The quantitative estimate of drug-likeness (QED) is 0.466. The molecule has 0 N–H and O–H groups in total. The van der Waals surface area contributed by atoms with Crippen molar-refractivity contribution in [3.63, 3.8) is 0 Å². The van der Waals surface area contributed by atoms with Crippen molar-refractivity contribution in [2.45, 2.75) is 83.7 Å². The molecule has 0 saturated heterocycles. The van der Waals surface area contributed by atoms with Crippen molar-refractivity contribution in [2.75, 3.05) is 6.61 Å². The van der Waals surface area contributed by atoms with Gasteiger partial charge < -0.3 is 9.47 Å². The Labute approximate surface area is 145 Å². The molecule has 0 aliphatic heterocycles. The molecule has 4 rings (SSSR count). The Bertz CT molecular complexity index is 417. The van der Waals surface area contributed by atoms with Crippen molar-refractivity contribution in [3.05, 3.63) is 0 Å². The van der Waals surface area contributed by atoms with E-state index in [0.29, 0.717) is 18.4 Å². The molecule has 4 heteroatoms. The van der Waals surface area contributed by atoms with E-state index in [2.05, 4.69) is 6.92 Å². The fraction of sp³-hybridized carbons (Fsp3) is 0.900. The van der Waals surface area contributed by atoms with Crippen LogP contribution in [-0.4, -0.2) is 24.6 Å². The second kappa shape index (κ2) is 8.35. The molecule has 4 nitrogen and oxygen atoms in total. The SMILES string of the molecule is CCCCCCOC(=O)CCC(=O)OC1C2CC3CC(C2)CC1C3. The minimum absolute atomic E-state index is 0.121. The molecule has 4 aliphatic rings. The standard InChI is InChI=1S/C20H32O4/c1-2-3-4-5-8-23-18(21)6-7-19(22)24-20-16-10-14-9-15(12-16)13-17(20)11-14/h14-17,20H,2-13H2,1H3. The van der Waals surface area contributed by atoms with Gasteiger partial charge in [0, 0.05) is 0 Å². The van der Waals surface area contributed by atoms with Crippen molar-refractivity contribution in [1.82, 2.24) is 0 Å². The molecule has 4 bridgehead atoms. The van der Waals surface area contributed by atoms with Crippen LogP contribution in [0.3, 0.4) is 0 Å². The van der Waals surface area contributed by atoms with Gasteiger partial charge in [0.25, 0.3) is 0 Å². The zero-order chi connectivity index (χ0) is 16.9. The fourth-order valence-electron chi connectivity index (χ4n) is 5.27. The van der Waals surface area contributed by atoms with Crippen LogP contribution in [0.4, 0.5) is 0 Å². The van der Waals surface area contributed by atoms with Crippen molar-refractivity contribution in [2.24, 2.45) is 23.7 Å². The van der Waals surface area contributed by atoms with E-state index in [0.717, 1.165) is 24.7 Å². The van der Waals surface area contributed by atoms with Gasteiger partial charge in [-0.3, -0.25) is 9.59 Å². The van der Waals surface area contributed by atoms with Crippen molar-refractivity contribution < 1.29 is 19.1 Å². The van der Waals surface area contributed by atoms with Crippen LogP contribution in [-0.2, 0) is 19.1 Å². The number of rotatable bonds is 9. The van der Waals surface area contributed by atoms with Gasteiger partial charge >= 0.3 is 11.9 Å². The van der Waals surface area contributed by atoms with Crippen molar-refractivity contribution in [3.8, 4) is 0 Å². The van der Waals surface area contributed by atoms with Crippen LogP contribution in [0.1, 0.15) is 77.6 Å². The molecule has 0 heterocycles. The lowest BCUT2D eigenvalue weighted by molar-refractivity contribution is -0.172. The molecule has 4 fully saturated rings. The molecular weight excluding hydrogens is 304 g/mol. The highest BCUT2D eigenvalue weighted by molar-refractivity contribution is 5.77. The second-order valence-corrected chi connectivity index (χ2v) is 8.17. The van der Waals surface area contributed by atoms with Gasteiger partial charge in [-0.25, -0.2) is 0 Å². The Morgan fingerprint density at radius 1 is 0.833 bits per heavy atom. The Morgan fingerprint density at radius 2 is 1.46 bits per heavy atom. The van der Waals surface area contributed by atoms with E-state index in [4.69, 9.17) is 9.47 Å². The third-order valence-corrected chi connectivity index (χ3v) is 6.20. The van der Waals surface area contributed by atoms with E-state index < -0.39 is 0 Å². The molecular formula is C20H32O4. The van der Waals surface area contributed by atoms with E-state index in [1.807, 2.05) is 0 Å². The molecule has 4 saturated carbocycles. The minimum Gasteiger partial charge on any atom is -0.466 e. The third-order valence-electron chi connectivity index (χ3n) is 6.20. The van der Waals surface area contributed by atoms with Gasteiger partial charge in [0.1, 0.15) is 6.10 Å². The number of carbonyl (C=O) groups is 2. The van der Waals surface area contributed by atoms with E-state index >= 15 is 0 Å². The lowest BCUT2D eigenvalue weighted by Crippen LogP contribution is -2.50. The monoisotopic (exact) mass is 336 g/mol. The van der Waals surface area contributed by atoms with Crippen LogP contribution in [0.5, 0.6) is 0 Å². The summed E-state index contributed by atoms with van der Waals surface area (Å²) in [6.07, 6.45) is 11.2. The van der Waals surface area contributed by atoms with Crippen LogP contribution in [0, 0.1) is 23.7 Å². The van der Waals surface area contributed by atoms with Crippen LogP contribution in [0.25, 0.3) is 0 Å². The molecule has 4 aliphatic carbocycles. The highest BCUT2D eigenvalue weighted by atomic mass is 16.5. The van der Waals surface area contributed by atoms with Gasteiger partial charge in [0.15, 0.2) is 0 Å². The first kappa shape index (κ1) is 17.8. The topological polar surface area (TPSA) is 52.6 Å². The number of ether oxygens (including phenoxy) is 2. The van der Waals surface area contributed by atoms with Gasteiger partial charge in [0.05, 0.1) is 19.4 Å². The molecule has 0 spiro atoms. The smallest absolute Gasteiger partial charge is 0.306 e. The van der Waals surface area contributed by atoms with Crippen LogP contribution in [0.2, 0.25) is 0 Å². The fourth-order valence-corrected chi connectivity index (χ4v) is 5.27. The first-order chi connectivity index (χ1) is 11.7. The Kier molecular flexibility index (Phi) is 6.18. The number of carbonyl (C=O) groups excluding carboxylic acids is 2. The molecule has 0 aromatic rings. The highest BCUT2D eigenvalue weighted by Gasteiger charge is 2.49. The lowest BCUT2D eigenvalue weighted by atomic mass is 9.55. The summed E-state index contributed by atoms with van der Waals surface area (Å²) in [5.41, 5.74) is 0. The minimum atomic E-state index is -0.270. The summed E-state index contributed by atoms with van der Waals surface area (Å²) in [7, 11) is 0. The van der Waals surface area contributed by atoms with Crippen LogP contribution < -0.4 is 0 Å². The molecule has 0 unspecified atom stereocenters. The molecule has 0 aromatic carbocycles. The molecule has 136 valence electrons. The van der Waals surface area contributed by atoms with Gasteiger partial charge in [-0.1, -0.05) is 26.2 Å². The van der Waals surface area contributed by atoms with Gasteiger partial charge in [0.2, 0.25) is 0 Å². The average molecular weight is 336 g/mol. The maximum atomic E-state index is 12.1. The largest absolute Gasteiger partial charge is 0.466 e. The number of hydrogen-bond donors (Lipinski definition) is 0. The molecule has 0 aromatic heterocycles. The van der Waals surface area contributed by atoms with Crippen molar-refractivity contribution >= 4 is 11.9 Å². The molecule has 24 heavy (non-hydrogen) atoms. The predicted octanol–water partition coefficient (Wildman–Crippen LogP) is 4.26. The first-order valence-electron chi connectivity index (χ1n) is 10.0. The van der Waals surface area contributed by atoms with Crippen LogP contribution >= 0.6 is 0 Å². The summed E-state index contributed by atoms with van der Waals surface area (Å²) < 4.78 is 11.0. The Balaban J connectivity index is 1.32. The Morgan fingerprint density at radius 3 is 2.08 bits per heavy atom. The summed E-state index contributed by atoms with van der Waals surface area (Å²) in [5.74, 6) is 2.44. The van der Waals surface area contributed by atoms with Crippen LogP contribution in [0.15, 0.2) is 0 Å². The Hall–Kier alpha value is -1.06. The maximum absolute atomic E-state index is 12.1. The van der Waals surface area contributed by atoms with E-state index in [-0.39, 0.29) is 30.9 Å². The van der Waals surface area contributed by atoms with Crippen molar-refractivity contribution in [1.29, 1.82) is 0 Å². The van der Waals surface area contributed by atoms with E-state index in [9.17, 15) is 9.59 Å². The number of unbranched alkanes of at least 4 members (excludes halogenated alkanes) is 3. The summed E-state index contributed by atoms with van der Waals surface area (Å²) in [6.45, 7) is 2.63. The van der Waals surface area contributed by atoms with Gasteiger partial charge in [-0.05, 0) is 62.2 Å². The number of hydrogen-bond acceptors (Lipinski definition) is 4. The molecule has 0 radical (unpaired) electrons. The highest BCUT2D eigenvalue weighted by Crippen LogP contribution is 2.54. The number of esters is 2. The van der Waals surface area contributed by atoms with E-state index in [1.165, 1.54) is 44.9 Å². The summed E-state index contributed by atoms with van der Waals surface area (Å²) >= 11 is 0. The summed E-state index contributed by atoms with van der Waals surface area (Å²) in [5, 5.41) is 0. The van der Waals surface area contributed by atoms with E-state index in [1.54, 1.807) is 0 Å². The van der Waals surface area contributed by atoms with Gasteiger partial charge in [-0.15, -0.1) is 0 Å². The molecule has 0 atom stereocenters. The maximum Gasteiger partial charge on any atom is 0.306 e. The second-order valence-electron chi connectivity index (χ2n) is 8.17. The lowest BCUT2D eigenvalue weighted by Gasteiger charge is -2.53. The zero-order valence-corrected chi connectivity index (χ0v) is 15.0. The van der Waals surface area contributed by atoms with Gasteiger partial charge in [-0.2, -0.15) is 0 Å². The summed E-state index contributed by atoms with van der Waals surface area (Å²) in [4.78, 5) is 23.8. The predicted molar refractivity (Wildman–Crippen MR) is 91.3 cm³/mol. The summed E-state index contributed by atoms with van der Waals surface area (Å²) in [6, 6.07) is 0.